The topological polar surface area (TPSA) is 66.4 Å². The third-order valence-electron chi connectivity index (χ3n) is 5.59. The molecule has 0 radical (unpaired) electrons. The van der Waals surface area contributed by atoms with Gasteiger partial charge in [0.05, 0.1) is 31.3 Å². The molecule has 0 aromatic carbocycles. The summed E-state index contributed by atoms with van der Waals surface area (Å²) in [6.07, 6.45) is 2.10. The molecular formula is C21H34N4O3S. The lowest BCUT2D eigenvalue weighted by molar-refractivity contribution is -0.149. The molecule has 8 heteroatoms. The van der Waals surface area contributed by atoms with Crippen molar-refractivity contribution in [1.29, 1.82) is 0 Å². The summed E-state index contributed by atoms with van der Waals surface area (Å²) >= 11 is 1.79. The molecule has 2 saturated heterocycles. The Hall–Kier alpha value is -1.64. The highest BCUT2D eigenvalue weighted by molar-refractivity contribution is 7.10. The molecule has 1 N–H and O–H groups in total. The highest BCUT2D eigenvalue weighted by atomic mass is 32.1. The highest BCUT2D eigenvalue weighted by Gasteiger charge is 2.30. The van der Waals surface area contributed by atoms with Gasteiger partial charge < -0.3 is 19.7 Å². The Kier molecular flexibility index (Phi) is 8.32. The van der Waals surface area contributed by atoms with Gasteiger partial charge in [0.25, 0.3) is 0 Å². The van der Waals surface area contributed by atoms with Gasteiger partial charge in [-0.05, 0) is 38.1 Å². The molecule has 3 atom stereocenters. The largest absolute Gasteiger partial charge is 0.466 e. The first-order valence-corrected chi connectivity index (χ1v) is 11.5. The number of carbonyl (C=O) groups is 1. The molecule has 0 amide bonds. The second-order valence-electron chi connectivity index (χ2n) is 7.67. The van der Waals surface area contributed by atoms with Crippen LogP contribution in [-0.4, -0.2) is 80.8 Å². The second-order valence-corrected chi connectivity index (χ2v) is 8.65. The van der Waals surface area contributed by atoms with Gasteiger partial charge in [0.15, 0.2) is 5.96 Å². The number of carbonyl (C=O) groups excluding carboxylic acids is 1. The summed E-state index contributed by atoms with van der Waals surface area (Å²) in [5, 5.41) is 5.71. The maximum Gasteiger partial charge on any atom is 0.310 e. The number of hydrogen-bond donors (Lipinski definition) is 1. The summed E-state index contributed by atoms with van der Waals surface area (Å²) in [6.45, 7) is 9.40. The standard InChI is InChI=1S/C21H34N4O3S/c1-4-27-20(26)17-7-5-9-25(15-17)21(22-3)23-13-18(19-8-6-12-29-19)24-10-11-28-16(2)14-24/h6,8,12,16-18H,4-5,7,9-11,13-15H2,1-3H3,(H,22,23)/t16?,17-,18?/m1/s1. The van der Waals surface area contributed by atoms with E-state index < -0.39 is 0 Å². The van der Waals surface area contributed by atoms with E-state index in [9.17, 15) is 4.79 Å². The maximum absolute atomic E-state index is 12.2. The minimum absolute atomic E-state index is 0.0737. The van der Waals surface area contributed by atoms with Crippen LogP contribution in [0.4, 0.5) is 0 Å². The number of aliphatic imine (C=N–C) groups is 1. The zero-order valence-corrected chi connectivity index (χ0v) is 18.6. The first kappa shape index (κ1) is 22.1. The molecule has 0 saturated carbocycles. The van der Waals surface area contributed by atoms with Crippen LogP contribution in [0.3, 0.4) is 0 Å². The fraction of sp³-hybridized carbons (Fsp3) is 0.714. The van der Waals surface area contributed by atoms with Crippen LogP contribution in [0.25, 0.3) is 0 Å². The van der Waals surface area contributed by atoms with Crippen molar-refractivity contribution in [3.63, 3.8) is 0 Å². The molecule has 2 aliphatic heterocycles. The number of hydrogen-bond acceptors (Lipinski definition) is 6. The second kappa shape index (κ2) is 10.9. The molecule has 1 aromatic rings. The van der Waals surface area contributed by atoms with Gasteiger partial charge in [0.1, 0.15) is 0 Å². The molecule has 0 bridgehead atoms. The zero-order chi connectivity index (χ0) is 20.6. The van der Waals surface area contributed by atoms with E-state index in [0.29, 0.717) is 13.2 Å². The van der Waals surface area contributed by atoms with Crippen LogP contribution in [0.5, 0.6) is 0 Å². The van der Waals surface area contributed by atoms with Crippen LogP contribution in [0.1, 0.15) is 37.6 Å². The van der Waals surface area contributed by atoms with Crippen molar-refractivity contribution < 1.29 is 14.3 Å². The van der Waals surface area contributed by atoms with E-state index in [2.05, 4.69) is 44.5 Å². The number of nitrogens with one attached hydrogen (secondary N) is 1. The maximum atomic E-state index is 12.2. The first-order valence-electron chi connectivity index (χ1n) is 10.6. The number of likely N-dealkylation sites (tertiary alicyclic amines) is 1. The number of nitrogens with zero attached hydrogens (tertiary/aromatic N) is 3. The Labute approximate surface area is 178 Å². The van der Waals surface area contributed by atoms with Gasteiger partial charge in [-0.1, -0.05) is 6.07 Å². The zero-order valence-electron chi connectivity index (χ0n) is 17.8. The van der Waals surface area contributed by atoms with Crippen molar-refractivity contribution >= 4 is 23.3 Å². The van der Waals surface area contributed by atoms with Crippen molar-refractivity contribution in [3.05, 3.63) is 22.4 Å². The number of rotatable bonds is 6. The Balaban J connectivity index is 1.63. The first-order chi connectivity index (χ1) is 14.1. The molecule has 29 heavy (non-hydrogen) atoms. The lowest BCUT2D eigenvalue weighted by Crippen LogP contribution is -2.51. The molecule has 2 fully saturated rings. The van der Waals surface area contributed by atoms with Gasteiger partial charge in [-0.2, -0.15) is 0 Å². The predicted octanol–water partition coefficient (Wildman–Crippen LogP) is 2.36. The van der Waals surface area contributed by atoms with Crippen molar-refractivity contribution in [2.45, 2.75) is 38.8 Å². The van der Waals surface area contributed by atoms with Crippen molar-refractivity contribution in [2.75, 3.05) is 53.0 Å². The summed E-state index contributed by atoms with van der Waals surface area (Å²) in [6, 6.07) is 4.60. The number of piperidine rings is 1. The third-order valence-corrected chi connectivity index (χ3v) is 6.56. The normalized spacial score (nSPS) is 24.9. The Morgan fingerprint density at radius 2 is 2.31 bits per heavy atom. The van der Waals surface area contributed by atoms with Gasteiger partial charge in [0, 0.05) is 44.6 Å². The van der Waals surface area contributed by atoms with E-state index >= 15 is 0 Å². The fourth-order valence-corrected chi connectivity index (χ4v) is 5.02. The average Bonchev–Trinajstić information content (AvgIpc) is 3.26. The molecule has 0 spiro atoms. The lowest BCUT2D eigenvalue weighted by Gasteiger charge is -2.38. The Bertz CT molecular complexity index is 667. The summed E-state index contributed by atoms with van der Waals surface area (Å²) < 4.78 is 11.0. The molecule has 1 aromatic heterocycles. The van der Waals surface area contributed by atoms with Crippen LogP contribution in [0.15, 0.2) is 22.5 Å². The van der Waals surface area contributed by atoms with Gasteiger partial charge in [-0.15, -0.1) is 11.3 Å². The van der Waals surface area contributed by atoms with Gasteiger partial charge in [0.2, 0.25) is 0 Å². The fourth-order valence-electron chi connectivity index (χ4n) is 4.16. The van der Waals surface area contributed by atoms with Crippen LogP contribution >= 0.6 is 11.3 Å². The molecule has 7 nitrogen and oxygen atoms in total. The van der Waals surface area contributed by atoms with E-state index in [0.717, 1.165) is 51.6 Å². The van der Waals surface area contributed by atoms with Crippen molar-refractivity contribution in [1.82, 2.24) is 15.1 Å². The van der Waals surface area contributed by atoms with Gasteiger partial charge >= 0.3 is 5.97 Å². The van der Waals surface area contributed by atoms with Crippen LogP contribution in [0, 0.1) is 5.92 Å². The Morgan fingerprint density at radius 1 is 1.45 bits per heavy atom. The SMILES string of the molecule is CCOC(=O)[C@@H]1CCCN(C(=NC)NCC(c2cccs2)N2CCOC(C)C2)C1. The summed E-state index contributed by atoms with van der Waals surface area (Å²) in [4.78, 5) is 22.7. The molecule has 3 rings (SSSR count). The van der Waals surface area contributed by atoms with Crippen LogP contribution in [0.2, 0.25) is 0 Å². The molecule has 0 aliphatic carbocycles. The monoisotopic (exact) mass is 422 g/mol. The van der Waals surface area contributed by atoms with Crippen LogP contribution in [-0.2, 0) is 14.3 Å². The van der Waals surface area contributed by atoms with Crippen molar-refractivity contribution in [3.8, 4) is 0 Å². The summed E-state index contributed by atoms with van der Waals surface area (Å²) in [5.41, 5.74) is 0. The number of guanidine groups is 1. The molecule has 2 unspecified atom stereocenters. The van der Waals surface area contributed by atoms with Gasteiger partial charge in [-0.25, -0.2) is 0 Å². The third kappa shape index (κ3) is 5.93. The number of esters is 1. The van der Waals surface area contributed by atoms with E-state index in [1.54, 1.807) is 11.3 Å². The number of morpholine rings is 1. The smallest absolute Gasteiger partial charge is 0.310 e. The average molecular weight is 423 g/mol. The molecule has 3 heterocycles. The van der Waals surface area contributed by atoms with E-state index in [1.807, 2.05) is 14.0 Å². The van der Waals surface area contributed by atoms with E-state index in [-0.39, 0.29) is 24.0 Å². The number of thiophene rings is 1. The quantitative estimate of drug-likeness (QED) is 0.431. The summed E-state index contributed by atoms with van der Waals surface area (Å²) in [5.74, 6) is 0.698. The van der Waals surface area contributed by atoms with Gasteiger partial charge in [-0.3, -0.25) is 14.7 Å². The molecular weight excluding hydrogens is 388 g/mol. The highest BCUT2D eigenvalue weighted by Crippen LogP contribution is 2.26. The molecule has 2 aliphatic rings. The van der Waals surface area contributed by atoms with Crippen LogP contribution < -0.4 is 5.32 Å². The van der Waals surface area contributed by atoms with Crippen molar-refractivity contribution in [2.24, 2.45) is 10.9 Å². The van der Waals surface area contributed by atoms with E-state index in [1.165, 1.54) is 4.88 Å². The summed E-state index contributed by atoms with van der Waals surface area (Å²) in [7, 11) is 1.81. The number of ether oxygens (including phenoxy) is 2. The minimum atomic E-state index is -0.0913. The predicted molar refractivity (Wildman–Crippen MR) is 116 cm³/mol. The van der Waals surface area contributed by atoms with E-state index in [4.69, 9.17) is 9.47 Å². The lowest BCUT2D eigenvalue weighted by atomic mass is 9.98. The minimum Gasteiger partial charge on any atom is -0.466 e. The molecule has 162 valence electrons. The Morgan fingerprint density at radius 3 is 3.00 bits per heavy atom.